The molecule has 3 aromatic carbocycles. The number of nitrogens with two attached hydrogens (primary N) is 1. The van der Waals surface area contributed by atoms with Crippen LogP contribution < -0.4 is 5.73 Å². The number of hydrogen-bond acceptors (Lipinski definition) is 3. The van der Waals surface area contributed by atoms with Gasteiger partial charge in [-0.05, 0) is 28.2 Å². The zero-order valence-electron chi connectivity index (χ0n) is 16.0. The van der Waals surface area contributed by atoms with Crippen molar-refractivity contribution >= 4 is 27.6 Å². The minimum atomic E-state index is -3.54. The van der Waals surface area contributed by atoms with Crippen molar-refractivity contribution in [3.8, 4) is 0 Å². The summed E-state index contributed by atoms with van der Waals surface area (Å²) in [7, 11) is -3.54. The molecule has 0 aliphatic carbocycles. The molecule has 0 unspecified atom stereocenters. The number of benzene rings is 3. The van der Waals surface area contributed by atoms with E-state index in [1.807, 2.05) is 54.6 Å². The molecule has 2 N–H and O–H groups in total. The van der Waals surface area contributed by atoms with Crippen molar-refractivity contribution in [3.63, 3.8) is 0 Å². The predicted molar refractivity (Wildman–Crippen MR) is 122 cm³/mol. The van der Waals surface area contributed by atoms with Gasteiger partial charge in [-0.1, -0.05) is 91.0 Å². The van der Waals surface area contributed by atoms with Gasteiger partial charge < -0.3 is 5.73 Å². The Hall–Kier alpha value is -2.83. The van der Waals surface area contributed by atoms with Crippen LogP contribution in [0.15, 0.2) is 107 Å². The number of rotatable bonds is 7. The maximum absolute atomic E-state index is 11.4. The number of amidine groups is 1. The molecule has 0 saturated carbocycles. The van der Waals surface area contributed by atoms with E-state index in [1.54, 1.807) is 17.2 Å². The minimum Gasteiger partial charge on any atom is -0.383 e. The molecule has 0 saturated heterocycles. The summed E-state index contributed by atoms with van der Waals surface area (Å²) in [5, 5.41) is 1.80. The summed E-state index contributed by atoms with van der Waals surface area (Å²) >= 11 is 1.55. The number of sulfonamides is 1. The van der Waals surface area contributed by atoms with Gasteiger partial charge in [0.1, 0.15) is 5.84 Å². The van der Waals surface area contributed by atoms with Crippen LogP contribution in [0.4, 0.5) is 0 Å². The molecule has 0 atom stereocenters. The Kier molecular flexibility index (Phi) is 6.56. The largest absolute Gasteiger partial charge is 0.383 e. The fourth-order valence-corrected chi connectivity index (χ4v) is 4.82. The molecule has 0 spiro atoms. The molecule has 0 radical (unpaired) electrons. The van der Waals surface area contributed by atoms with Crippen LogP contribution in [-0.4, -0.2) is 20.5 Å². The maximum Gasteiger partial charge on any atom is 0.252 e. The third kappa shape index (κ3) is 5.16. The lowest BCUT2D eigenvalue weighted by Crippen LogP contribution is -2.25. The van der Waals surface area contributed by atoms with Crippen LogP contribution in [-0.2, 0) is 14.8 Å². The van der Waals surface area contributed by atoms with E-state index >= 15 is 0 Å². The molecule has 0 aliphatic heterocycles. The lowest BCUT2D eigenvalue weighted by molar-refractivity contribution is 0.604. The van der Waals surface area contributed by atoms with Crippen molar-refractivity contribution in [1.29, 1.82) is 0 Å². The van der Waals surface area contributed by atoms with Crippen LogP contribution in [0.25, 0.3) is 0 Å². The van der Waals surface area contributed by atoms with E-state index in [0.29, 0.717) is 0 Å². The van der Waals surface area contributed by atoms with E-state index in [0.717, 1.165) is 22.9 Å². The molecule has 0 bridgehead atoms. The smallest absolute Gasteiger partial charge is 0.252 e. The highest BCUT2D eigenvalue weighted by Gasteiger charge is 2.36. The SMILES string of the molecule is CS(=O)(=O)/N=C(N)/C=C/SC(c1ccccc1)(c1ccccc1)c1ccccc1. The van der Waals surface area contributed by atoms with E-state index in [4.69, 9.17) is 5.73 Å². The monoisotopic (exact) mass is 422 g/mol. The summed E-state index contributed by atoms with van der Waals surface area (Å²) in [4.78, 5) is 0. The Bertz CT molecular complexity index is 999. The molecule has 148 valence electrons. The molecule has 4 nitrogen and oxygen atoms in total. The Labute approximate surface area is 176 Å². The second kappa shape index (κ2) is 9.11. The fraction of sp³-hybridized carbons (Fsp3) is 0.0870. The van der Waals surface area contributed by atoms with E-state index in [1.165, 1.54) is 6.08 Å². The van der Waals surface area contributed by atoms with Crippen molar-refractivity contribution in [2.24, 2.45) is 10.1 Å². The first-order valence-corrected chi connectivity index (χ1v) is 11.7. The van der Waals surface area contributed by atoms with Crippen molar-refractivity contribution in [2.45, 2.75) is 4.75 Å². The molecule has 0 fully saturated rings. The van der Waals surface area contributed by atoms with Gasteiger partial charge in [0.25, 0.3) is 10.0 Å². The van der Waals surface area contributed by atoms with Crippen molar-refractivity contribution in [2.75, 3.05) is 6.26 Å². The molecule has 0 heterocycles. The summed E-state index contributed by atoms with van der Waals surface area (Å²) in [6.45, 7) is 0. The lowest BCUT2D eigenvalue weighted by Gasteiger charge is -2.34. The average molecular weight is 423 g/mol. The van der Waals surface area contributed by atoms with Crippen LogP contribution in [0.3, 0.4) is 0 Å². The third-order valence-electron chi connectivity index (χ3n) is 4.30. The second-order valence-electron chi connectivity index (χ2n) is 6.45. The van der Waals surface area contributed by atoms with Crippen molar-refractivity contribution < 1.29 is 8.42 Å². The first-order valence-electron chi connectivity index (χ1n) is 8.98. The van der Waals surface area contributed by atoms with Crippen molar-refractivity contribution in [3.05, 3.63) is 119 Å². The summed E-state index contributed by atoms with van der Waals surface area (Å²) in [6.07, 6.45) is 2.54. The van der Waals surface area contributed by atoms with Crippen molar-refractivity contribution in [1.82, 2.24) is 0 Å². The zero-order chi connectivity index (χ0) is 20.7. The van der Waals surface area contributed by atoms with Crippen LogP contribution in [0.5, 0.6) is 0 Å². The maximum atomic E-state index is 11.4. The van der Waals surface area contributed by atoms with E-state index in [9.17, 15) is 8.42 Å². The Morgan fingerprint density at radius 1 is 0.828 bits per heavy atom. The molecule has 6 heteroatoms. The predicted octanol–water partition coefficient (Wildman–Crippen LogP) is 4.54. The van der Waals surface area contributed by atoms with Crippen LogP contribution in [0.1, 0.15) is 16.7 Å². The normalized spacial score (nSPS) is 12.9. The lowest BCUT2D eigenvalue weighted by atomic mass is 9.84. The third-order valence-corrected chi connectivity index (χ3v) is 6.17. The minimum absolute atomic E-state index is 0.0527. The van der Waals surface area contributed by atoms with Gasteiger partial charge >= 0.3 is 0 Å². The van der Waals surface area contributed by atoms with Gasteiger partial charge in [0.15, 0.2) is 0 Å². The molecule has 3 rings (SSSR count). The first-order chi connectivity index (χ1) is 13.9. The van der Waals surface area contributed by atoms with Gasteiger partial charge in [0, 0.05) is 0 Å². The molecule has 29 heavy (non-hydrogen) atoms. The Morgan fingerprint density at radius 3 is 1.55 bits per heavy atom. The summed E-state index contributed by atoms with van der Waals surface area (Å²) < 4.78 is 25.7. The molecule has 0 aromatic heterocycles. The number of thioether (sulfide) groups is 1. The molecule has 0 aliphatic rings. The van der Waals surface area contributed by atoms with Gasteiger partial charge in [0.2, 0.25) is 0 Å². The Balaban J connectivity index is 2.17. The Morgan fingerprint density at radius 2 is 1.21 bits per heavy atom. The molecule has 0 amide bonds. The molecular formula is C23H22N2O2S2. The highest BCUT2D eigenvalue weighted by atomic mass is 32.2. The van der Waals surface area contributed by atoms with E-state index in [2.05, 4.69) is 40.8 Å². The van der Waals surface area contributed by atoms with Gasteiger partial charge in [-0.15, -0.1) is 16.2 Å². The summed E-state index contributed by atoms with van der Waals surface area (Å²) in [6, 6.07) is 30.6. The highest BCUT2D eigenvalue weighted by molar-refractivity contribution is 8.03. The van der Waals surface area contributed by atoms with Crippen LogP contribution >= 0.6 is 11.8 Å². The summed E-state index contributed by atoms with van der Waals surface area (Å²) in [5.41, 5.74) is 9.08. The summed E-state index contributed by atoms with van der Waals surface area (Å²) in [5.74, 6) is -0.0527. The van der Waals surface area contributed by atoms with Crippen LogP contribution in [0, 0.1) is 0 Å². The number of nitrogens with zero attached hydrogens (tertiary/aromatic N) is 1. The van der Waals surface area contributed by atoms with Gasteiger partial charge in [0.05, 0.1) is 11.0 Å². The zero-order valence-corrected chi connectivity index (χ0v) is 17.6. The fourth-order valence-electron chi connectivity index (χ4n) is 3.15. The molecule has 3 aromatic rings. The quantitative estimate of drug-likeness (QED) is 0.345. The number of hydrogen-bond donors (Lipinski definition) is 1. The van der Waals surface area contributed by atoms with Gasteiger partial charge in [-0.3, -0.25) is 0 Å². The van der Waals surface area contributed by atoms with Gasteiger partial charge in [-0.25, -0.2) is 8.42 Å². The first kappa shape index (κ1) is 20.9. The highest BCUT2D eigenvalue weighted by Crippen LogP contribution is 2.48. The van der Waals surface area contributed by atoms with Crippen LogP contribution in [0.2, 0.25) is 0 Å². The second-order valence-corrected chi connectivity index (χ2v) is 9.22. The van der Waals surface area contributed by atoms with E-state index < -0.39 is 14.8 Å². The van der Waals surface area contributed by atoms with Gasteiger partial charge in [-0.2, -0.15) is 0 Å². The van der Waals surface area contributed by atoms with E-state index in [-0.39, 0.29) is 5.84 Å². The molecular weight excluding hydrogens is 400 g/mol. The topological polar surface area (TPSA) is 72.5 Å². The standard InChI is InChI=1S/C23H22N2O2S2/c1-29(26,27)25-22(24)17-18-28-23(19-11-5-2-6-12-19,20-13-7-3-8-14-20)21-15-9-4-10-16-21/h2-18H,1H3,(H2,24,25)/b18-17+. The average Bonchev–Trinajstić information content (AvgIpc) is 2.72.